The number of hydrogen-bond donors (Lipinski definition) is 2. The van der Waals surface area contributed by atoms with Crippen LogP contribution in [0.15, 0.2) is 65.5 Å². The number of aromatic nitrogens is 2. The number of nitrogens with zero attached hydrogens (tertiary/aromatic N) is 1. The molecule has 2 N–H and O–H groups in total. The molecule has 1 atom stereocenters. The Kier molecular flexibility index (Phi) is 5.30. The summed E-state index contributed by atoms with van der Waals surface area (Å²) in [5.41, 5.74) is 2.24. The molecule has 0 saturated carbocycles. The molecule has 2 aromatic carbocycles. The Morgan fingerprint density at radius 2 is 1.75 bits per heavy atom. The minimum Gasteiger partial charge on any atom is -0.376 e. The monoisotopic (exact) mass is 375 g/mol. The third kappa shape index (κ3) is 3.73. The zero-order chi connectivity index (χ0) is 19.3. The number of amides is 1. The van der Waals surface area contributed by atoms with E-state index in [1.165, 1.54) is 0 Å². The van der Waals surface area contributed by atoms with Crippen LogP contribution in [0.5, 0.6) is 0 Å². The van der Waals surface area contributed by atoms with Gasteiger partial charge in [0.2, 0.25) is 0 Å². The van der Waals surface area contributed by atoms with Crippen molar-refractivity contribution < 1.29 is 9.53 Å². The predicted molar refractivity (Wildman–Crippen MR) is 107 cm³/mol. The fourth-order valence-electron chi connectivity index (χ4n) is 3.46. The molecule has 0 spiro atoms. The van der Waals surface area contributed by atoms with E-state index in [1.807, 2.05) is 60.7 Å². The highest BCUT2D eigenvalue weighted by molar-refractivity contribution is 6.03. The van der Waals surface area contributed by atoms with Gasteiger partial charge < -0.3 is 10.1 Å². The number of nitrogens with one attached hydrogen (secondary N) is 2. The molecule has 2 heterocycles. The van der Waals surface area contributed by atoms with E-state index in [9.17, 15) is 9.59 Å². The largest absolute Gasteiger partial charge is 0.376 e. The molecule has 0 unspecified atom stereocenters. The molecular weight excluding hydrogens is 354 g/mol. The normalized spacial score (nSPS) is 16.1. The van der Waals surface area contributed by atoms with E-state index >= 15 is 0 Å². The van der Waals surface area contributed by atoms with Gasteiger partial charge in [0.25, 0.3) is 11.5 Å². The fourth-order valence-corrected chi connectivity index (χ4v) is 3.46. The Morgan fingerprint density at radius 1 is 1.07 bits per heavy atom. The molecule has 1 amide bonds. The molecule has 6 heteroatoms. The van der Waals surface area contributed by atoms with Crippen LogP contribution in [-0.4, -0.2) is 35.4 Å². The number of H-pyrrole nitrogens is 1. The molecule has 3 aromatic rings. The summed E-state index contributed by atoms with van der Waals surface area (Å²) in [7, 11) is 0. The lowest BCUT2D eigenvalue weighted by Crippen LogP contribution is -2.36. The Labute approximate surface area is 162 Å². The first-order valence-corrected chi connectivity index (χ1v) is 9.37. The number of benzene rings is 2. The third-order valence-electron chi connectivity index (χ3n) is 4.83. The van der Waals surface area contributed by atoms with Crippen molar-refractivity contribution in [3.63, 3.8) is 0 Å². The van der Waals surface area contributed by atoms with Gasteiger partial charge in [0.05, 0.1) is 11.8 Å². The molecule has 1 aliphatic heterocycles. The number of rotatable bonds is 5. The third-order valence-corrected chi connectivity index (χ3v) is 4.83. The zero-order valence-corrected chi connectivity index (χ0v) is 15.4. The maximum Gasteiger partial charge on any atom is 0.277 e. The van der Waals surface area contributed by atoms with E-state index < -0.39 is 11.5 Å². The smallest absolute Gasteiger partial charge is 0.277 e. The van der Waals surface area contributed by atoms with E-state index in [2.05, 4.69) is 15.5 Å². The van der Waals surface area contributed by atoms with Gasteiger partial charge in [-0.3, -0.25) is 9.59 Å². The Balaban J connectivity index is 1.80. The van der Waals surface area contributed by atoms with Crippen LogP contribution in [0.2, 0.25) is 0 Å². The Morgan fingerprint density at radius 3 is 2.39 bits per heavy atom. The number of ether oxygens (including phenoxy) is 1. The van der Waals surface area contributed by atoms with Crippen molar-refractivity contribution >= 4 is 5.91 Å². The van der Waals surface area contributed by atoms with Crippen LogP contribution in [0.3, 0.4) is 0 Å². The lowest BCUT2D eigenvalue weighted by atomic mass is 9.95. The summed E-state index contributed by atoms with van der Waals surface area (Å²) in [5.74, 6) is -0.421. The maximum absolute atomic E-state index is 13.0. The zero-order valence-electron chi connectivity index (χ0n) is 15.4. The molecule has 0 radical (unpaired) electrons. The average Bonchev–Trinajstić information content (AvgIpc) is 3.27. The molecule has 0 aliphatic carbocycles. The van der Waals surface area contributed by atoms with Crippen molar-refractivity contribution in [2.75, 3.05) is 13.2 Å². The first-order chi connectivity index (χ1) is 13.7. The molecule has 28 heavy (non-hydrogen) atoms. The highest BCUT2D eigenvalue weighted by atomic mass is 16.5. The Bertz CT molecular complexity index is 1010. The minimum atomic E-state index is -0.511. The standard InChI is InChI=1S/C22H21N3O3/c26-21(23-14-17-12-7-13-28-17)19-18(15-8-3-1-4-9-15)20(24-25-22(19)27)16-10-5-2-6-11-16/h1-6,8-11,17H,7,12-14H2,(H,23,26)(H,25,27)/t17-/m1/s1. The second-order valence-electron chi connectivity index (χ2n) is 6.73. The molecule has 4 rings (SSSR count). The van der Waals surface area contributed by atoms with E-state index in [0.29, 0.717) is 24.4 Å². The predicted octanol–water partition coefficient (Wildman–Crippen LogP) is 3.01. The summed E-state index contributed by atoms with van der Waals surface area (Å²) in [4.78, 5) is 25.6. The van der Waals surface area contributed by atoms with E-state index in [0.717, 1.165) is 24.0 Å². The summed E-state index contributed by atoms with van der Waals surface area (Å²) in [6.07, 6.45) is 1.90. The summed E-state index contributed by atoms with van der Waals surface area (Å²) in [6.45, 7) is 1.10. The summed E-state index contributed by atoms with van der Waals surface area (Å²) < 4.78 is 5.56. The number of carbonyl (C=O) groups excluding carboxylic acids is 1. The molecule has 1 aromatic heterocycles. The van der Waals surface area contributed by atoms with Crippen LogP contribution in [0.25, 0.3) is 22.4 Å². The van der Waals surface area contributed by atoms with Crippen molar-refractivity contribution in [3.8, 4) is 22.4 Å². The lowest BCUT2D eigenvalue weighted by Gasteiger charge is -2.15. The fraction of sp³-hybridized carbons (Fsp3) is 0.227. The van der Waals surface area contributed by atoms with Crippen LogP contribution in [-0.2, 0) is 4.74 Å². The van der Waals surface area contributed by atoms with Gasteiger partial charge in [0, 0.05) is 24.3 Å². The van der Waals surface area contributed by atoms with Crippen LogP contribution in [0.4, 0.5) is 0 Å². The van der Waals surface area contributed by atoms with Gasteiger partial charge in [-0.15, -0.1) is 0 Å². The van der Waals surface area contributed by atoms with Crippen LogP contribution in [0, 0.1) is 0 Å². The van der Waals surface area contributed by atoms with Crippen molar-refractivity contribution in [3.05, 3.63) is 76.6 Å². The number of aromatic amines is 1. The second kappa shape index (κ2) is 8.19. The molecule has 1 saturated heterocycles. The molecular formula is C22H21N3O3. The van der Waals surface area contributed by atoms with Gasteiger partial charge >= 0.3 is 0 Å². The summed E-state index contributed by atoms with van der Waals surface area (Å²) in [5, 5.41) is 9.61. The van der Waals surface area contributed by atoms with Gasteiger partial charge in [0.15, 0.2) is 0 Å². The highest BCUT2D eigenvalue weighted by Gasteiger charge is 2.24. The second-order valence-corrected chi connectivity index (χ2v) is 6.73. The average molecular weight is 375 g/mol. The highest BCUT2D eigenvalue weighted by Crippen LogP contribution is 2.31. The van der Waals surface area contributed by atoms with Crippen molar-refractivity contribution in [2.24, 2.45) is 0 Å². The van der Waals surface area contributed by atoms with Crippen LogP contribution >= 0.6 is 0 Å². The first-order valence-electron chi connectivity index (χ1n) is 9.37. The van der Waals surface area contributed by atoms with Crippen LogP contribution in [0.1, 0.15) is 23.2 Å². The van der Waals surface area contributed by atoms with Crippen molar-refractivity contribution in [2.45, 2.75) is 18.9 Å². The minimum absolute atomic E-state index is 0.00126. The number of hydrogen-bond acceptors (Lipinski definition) is 4. The van der Waals surface area contributed by atoms with Crippen LogP contribution < -0.4 is 10.9 Å². The SMILES string of the molecule is O=C(NC[C@H]1CCCO1)c1c(-c2ccccc2)c(-c2ccccc2)n[nH]c1=O. The molecule has 142 valence electrons. The lowest BCUT2D eigenvalue weighted by molar-refractivity contribution is 0.0857. The Hall–Kier alpha value is -3.25. The topological polar surface area (TPSA) is 84.1 Å². The summed E-state index contributed by atoms with van der Waals surface area (Å²) >= 11 is 0. The van der Waals surface area contributed by atoms with E-state index in [1.54, 1.807) is 0 Å². The first kappa shape index (κ1) is 18.1. The molecule has 1 fully saturated rings. The van der Waals surface area contributed by atoms with Crippen molar-refractivity contribution in [1.82, 2.24) is 15.5 Å². The molecule has 1 aliphatic rings. The maximum atomic E-state index is 13.0. The van der Waals surface area contributed by atoms with E-state index in [4.69, 9.17) is 4.74 Å². The van der Waals surface area contributed by atoms with Gasteiger partial charge in [-0.25, -0.2) is 5.10 Å². The molecule has 0 bridgehead atoms. The van der Waals surface area contributed by atoms with Gasteiger partial charge in [-0.1, -0.05) is 60.7 Å². The quantitative estimate of drug-likeness (QED) is 0.718. The van der Waals surface area contributed by atoms with Gasteiger partial charge in [-0.2, -0.15) is 5.10 Å². The number of carbonyl (C=O) groups is 1. The van der Waals surface area contributed by atoms with Gasteiger partial charge in [0.1, 0.15) is 5.56 Å². The van der Waals surface area contributed by atoms with E-state index in [-0.39, 0.29) is 11.7 Å². The summed E-state index contributed by atoms with van der Waals surface area (Å²) in [6, 6.07) is 18.9. The van der Waals surface area contributed by atoms with Gasteiger partial charge in [-0.05, 0) is 18.4 Å². The van der Waals surface area contributed by atoms with Crippen molar-refractivity contribution in [1.29, 1.82) is 0 Å². The molecule has 6 nitrogen and oxygen atoms in total.